The Morgan fingerprint density at radius 1 is 0.744 bits per heavy atom. The third-order valence-electron chi connectivity index (χ3n) is 9.47. The Hall–Kier alpha value is -3.89. The van der Waals surface area contributed by atoms with Crippen LogP contribution in [0.5, 0.6) is 0 Å². The number of rotatable bonds is 4. The number of pyridine rings is 1. The summed E-state index contributed by atoms with van der Waals surface area (Å²) in [5.41, 5.74) is 8.76. The molecule has 2 aromatic heterocycles. The van der Waals surface area contributed by atoms with E-state index in [1.165, 1.54) is 22.9 Å². The second kappa shape index (κ2) is 10.1. The fraction of sp³-hybridized carbons (Fsp3) is 0.256. The molecule has 0 spiro atoms. The standard InChI is InChI=1S/C39H37FNOS/c1-24-15-17-27-28-23-32(43-26-12-8-7-9-13-26)35(40)34(37(28)42-36(27)33(24)31-14-10-11-21-41(31)6)25-16-18-29-30(22-25)39(4,5)20-19-38(29,2)3/h7-18,21-23H,19-20H2,1-6H3/q+1. The van der Waals surface area contributed by atoms with E-state index in [1.54, 1.807) is 0 Å². The number of aryl methyl sites for hydroxylation is 2. The summed E-state index contributed by atoms with van der Waals surface area (Å²) in [5, 5.41) is 1.93. The van der Waals surface area contributed by atoms with Crippen molar-refractivity contribution in [3.63, 3.8) is 0 Å². The molecule has 0 atom stereocenters. The molecule has 0 aliphatic heterocycles. The number of halogens is 1. The Labute approximate surface area is 257 Å². The summed E-state index contributed by atoms with van der Waals surface area (Å²) < 4.78 is 25.9. The van der Waals surface area contributed by atoms with E-state index >= 15 is 4.39 Å². The summed E-state index contributed by atoms with van der Waals surface area (Å²) in [5.74, 6) is -0.239. The van der Waals surface area contributed by atoms with Crippen molar-refractivity contribution in [1.82, 2.24) is 0 Å². The minimum absolute atomic E-state index is 0.00702. The van der Waals surface area contributed by atoms with Crippen LogP contribution in [0.25, 0.3) is 44.3 Å². The predicted molar refractivity (Wildman–Crippen MR) is 176 cm³/mol. The smallest absolute Gasteiger partial charge is 0.216 e. The van der Waals surface area contributed by atoms with E-state index in [9.17, 15) is 0 Å². The number of nitrogens with zero attached hydrogens (tertiary/aromatic N) is 1. The summed E-state index contributed by atoms with van der Waals surface area (Å²) in [7, 11) is 2.05. The largest absolute Gasteiger partial charge is 0.454 e. The zero-order valence-corrected chi connectivity index (χ0v) is 26.5. The van der Waals surface area contributed by atoms with Gasteiger partial charge in [-0.15, -0.1) is 0 Å². The lowest BCUT2D eigenvalue weighted by Crippen LogP contribution is -2.33. The summed E-state index contributed by atoms with van der Waals surface area (Å²) in [6.07, 6.45) is 4.28. The topological polar surface area (TPSA) is 17.0 Å². The molecule has 0 N–H and O–H groups in total. The molecule has 2 heterocycles. The fourth-order valence-electron chi connectivity index (χ4n) is 6.82. The Morgan fingerprint density at radius 2 is 1.44 bits per heavy atom. The highest BCUT2D eigenvalue weighted by Crippen LogP contribution is 2.49. The van der Waals surface area contributed by atoms with Gasteiger partial charge in [0.1, 0.15) is 24.0 Å². The summed E-state index contributed by atoms with van der Waals surface area (Å²) in [6.45, 7) is 11.4. The Balaban J connectivity index is 1.56. The molecule has 2 nitrogen and oxygen atoms in total. The monoisotopic (exact) mass is 586 g/mol. The van der Waals surface area contributed by atoms with Crippen LogP contribution in [0.3, 0.4) is 0 Å². The molecule has 0 bridgehead atoms. The van der Waals surface area contributed by atoms with Gasteiger partial charge in [0.15, 0.2) is 6.20 Å². The van der Waals surface area contributed by atoms with Gasteiger partial charge >= 0.3 is 0 Å². The van der Waals surface area contributed by atoms with Crippen LogP contribution in [0.15, 0.2) is 105 Å². The number of benzene rings is 4. The molecule has 4 heteroatoms. The minimum Gasteiger partial charge on any atom is -0.454 e. The van der Waals surface area contributed by atoms with Gasteiger partial charge in [-0.05, 0) is 77.1 Å². The maximum atomic E-state index is 17.0. The molecule has 1 aliphatic rings. The quantitative estimate of drug-likeness (QED) is 0.191. The van der Waals surface area contributed by atoms with Crippen molar-refractivity contribution in [2.75, 3.05) is 0 Å². The highest BCUT2D eigenvalue weighted by molar-refractivity contribution is 7.99. The van der Waals surface area contributed by atoms with E-state index in [-0.39, 0.29) is 16.6 Å². The fourth-order valence-corrected chi connectivity index (χ4v) is 7.73. The molecule has 216 valence electrons. The van der Waals surface area contributed by atoms with Crippen LogP contribution < -0.4 is 4.57 Å². The first kappa shape index (κ1) is 27.9. The van der Waals surface area contributed by atoms with Gasteiger partial charge in [0.25, 0.3) is 0 Å². The van der Waals surface area contributed by atoms with Crippen LogP contribution >= 0.6 is 11.8 Å². The number of aromatic nitrogens is 1. The first-order chi connectivity index (χ1) is 20.5. The SMILES string of the molecule is Cc1ccc2c(oc3c(-c4ccc5c(c4)C(C)(C)CCC5(C)C)c(F)c(Sc4ccccc4)cc32)c1-c1cccc[n+]1C. The summed E-state index contributed by atoms with van der Waals surface area (Å²) in [6, 6.07) is 29.1. The molecule has 0 saturated carbocycles. The Bertz CT molecular complexity index is 2040. The van der Waals surface area contributed by atoms with Gasteiger partial charge in [-0.25, -0.2) is 8.96 Å². The van der Waals surface area contributed by atoms with Crippen LogP contribution in [0.4, 0.5) is 4.39 Å². The third kappa shape index (κ3) is 4.58. The number of furan rings is 1. The molecule has 0 unspecified atom stereocenters. The Kier molecular flexibility index (Phi) is 6.55. The van der Waals surface area contributed by atoms with Crippen LogP contribution in [-0.2, 0) is 17.9 Å². The van der Waals surface area contributed by atoms with E-state index in [0.29, 0.717) is 16.0 Å². The van der Waals surface area contributed by atoms with E-state index in [2.05, 4.69) is 75.6 Å². The van der Waals surface area contributed by atoms with Crippen LogP contribution in [0.2, 0.25) is 0 Å². The predicted octanol–water partition coefficient (Wildman–Crippen LogP) is 10.7. The summed E-state index contributed by atoms with van der Waals surface area (Å²) >= 11 is 1.46. The molecule has 6 aromatic rings. The number of hydrogen-bond donors (Lipinski definition) is 0. The maximum Gasteiger partial charge on any atom is 0.216 e. The second-order valence-corrected chi connectivity index (χ2v) is 14.4. The van der Waals surface area contributed by atoms with Crippen molar-refractivity contribution in [1.29, 1.82) is 0 Å². The average Bonchev–Trinajstić information content (AvgIpc) is 3.34. The highest BCUT2D eigenvalue weighted by Gasteiger charge is 2.37. The normalized spacial score (nSPS) is 15.6. The zero-order chi connectivity index (χ0) is 30.1. The molecule has 0 radical (unpaired) electrons. The van der Waals surface area contributed by atoms with E-state index in [4.69, 9.17) is 4.42 Å². The Morgan fingerprint density at radius 3 is 2.19 bits per heavy atom. The van der Waals surface area contributed by atoms with E-state index in [1.807, 2.05) is 61.8 Å². The van der Waals surface area contributed by atoms with Gasteiger partial charge in [0.2, 0.25) is 5.69 Å². The first-order valence-corrected chi connectivity index (χ1v) is 15.9. The van der Waals surface area contributed by atoms with Crippen molar-refractivity contribution in [2.24, 2.45) is 7.05 Å². The molecule has 0 amide bonds. The molecule has 0 fully saturated rings. The third-order valence-corrected chi connectivity index (χ3v) is 10.5. The molecule has 43 heavy (non-hydrogen) atoms. The first-order valence-electron chi connectivity index (χ1n) is 15.1. The van der Waals surface area contributed by atoms with Crippen LogP contribution in [0.1, 0.15) is 57.2 Å². The molecular formula is C39H37FNOS+. The lowest BCUT2D eigenvalue weighted by atomic mass is 9.63. The average molecular weight is 587 g/mol. The van der Waals surface area contributed by atoms with Gasteiger partial charge in [-0.2, -0.15) is 0 Å². The molecular weight excluding hydrogens is 550 g/mol. The number of fused-ring (bicyclic) bond motifs is 4. The van der Waals surface area contributed by atoms with Crippen molar-refractivity contribution in [2.45, 2.75) is 68.1 Å². The van der Waals surface area contributed by atoms with Gasteiger partial charge in [-0.3, -0.25) is 0 Å². The lowest BCUT2D eigenvalue weighted by Gasteiger charge is -2.42. The van der Waals surface area contributed by atoms with E-state index in [0.717, 1.165) is 56.5 Å². The highest BCUT2D eigenvalue weighted by atomic mass is 32.2. The number of hydrogen-bond acceptors (Lipinski definition) is 2. The van der Waals surface area contributed by atoms with Crippen molar-refractivity contribution >= 4 is 33.7 Å². The van der Waals surface area contributed by atoms with Crippen LogP contribution in [0, 0.1) is 12.7 Å². The maximum absolute atomic E-state index is 17.0. The van der Waals surface area contributed by atoms with Gasteiger partial charge in [0, 0.05) is 32.7 Å². The minimum atomic E-state index is -0.239. The van der Waals surface area contributed by atoms with E-state index < -0.39 is 0 Å². The van der Waals surface area contributed by atoms with Crippen molar-refractivity contribution in [3.8, 4) is 22.4 Å². The molecule has 7 rings (SSSR count). The molecule has 4 aromatic carbocycles. The van der Waals surface area contributed by atoms with Gasteiger partial charge < -0.3 is 4.42 Å². The summed E-state index contributed by atoms with van der Waals surface area (Å²) in [4.78, 5) is 1.60. The van der Waals surface area contributed by atoms with Gasteiger partial charge in [0.05, 0.1) is 11.1 Å². The van der Waals surface area contributed by atoms with Crippen molar-refractivity contribution in [3.05, 3.63) is 114 Å². The second-order valence-electron chi connectivity index (χ2n) is 13.3. The molecule has 1 aliphatic carbocycles. The van der Waals surface area contributed by atoms with Crippen LogP contribution in [-0.4, -0.2) is 0 Å². The van der Waals surface area contributed by atoms with Crippen molar-refractivity contribution < 1.29 is 13.4 Å². The molecule has 0 saturated heterocycles. The zero-order valence-electron chi connectivity index (χ0n) is 25.7. The van der Waals surface area contributed by atoms with Gasteiger partial charge in [-0.1, -0.05) is 88.0 Å². The lowest BCUT2D eigenvalue weighted by molar-refractivity contribution is -0.660.